The van der Waals surface area contributed by atoms with Gasteiger partial charge in [-0.2, -0.15) is 0 Å². The van der Waals surface area contributed by atoms with E-state index in [2.05, 4.69) is 17.4 Å². The Labute approximate surface area is 147 Å². The molecule has 1 aliphatic carbocycles. The van der Waals surface area contributed by atoms with Gasteiger partial charge in [0, 0.05) is 17.6 Å². The van der Waals surface area contributed by atoms with Crippen LogP contribution in [0.25, 0.3) is 0 Å². The number of aliphatic carboxylic acids is 1. The minimum atomic E-state index is -0.959. The van der Waals surface area contributed by atoms with Crippen molar-refractivity contribution in [2.45, 2.75) is 18.3 Å². The maximum absolute atomic E-state index is 12.4. The van der Waals surface area contributed by atoms with Crippen molar-refractivity contribution < 1.29 is 14.7 Å². The maximum Gasteiger partial charge on any atom is 0.323 e. The van der Waals surface area contributed by atoms with Crippen LogP contribution in [0.4, 0.5) is 5.69 Å². The van der Waals surface area contributed by atoms with Gasteiger partial charge in [-0.15, -0.1) is 0 Å². The Bertz CT molecular complexity index is 727. The van der Waals surface area contributed by atoms with Gasteiger partial charge in [0.15, 0.2) is 0 Å². The number of nitrogens with one attached hydrogen (secondary N) is 1. The number of amides is 1. The monoisotopic (exact) mass is 338 g/mol. The molecule has 2 aromatic rings. The molecule has 0 heterocycles. The highest BCUT2D eigenvalue weighted by Gasteiger charge is 2.44. The molecule has 0 bridgehead atoms. The van der Waals surface area contributed by atoms with E-state index in [1.807, 2.05) is 48.5 Å². The quantitative estimate of drug-likeness (QED) is 0.776. The zero-order valence-corrected chi connectivity index (χ0v) is 14.0. The smallest absolute Gasteiger partial charge is 0.323 e. The van der Waals surface area contributed by atoms with Crippen molar-refractivity contribution in [2.75, 3.05) is 24.5 Å². The Balaban J connectivity index is 1.60. The lowest BCUT2D eigenvalue weighted by Gasteiger charge is -2.23. The standard InChI is InChI=1S/C20H22N2O3/c23-18(13-22(14-19(24)25)17-9-5-2-6-10-17)21-15-20(11-12-20)16-7-3-1-4-8-16/h1-10H,11-15H2,(H,21,23)(H,24,25). The summed E-state index contributed by atoms with van der Waals surface area (Å²) >= 11 is 0. The predicted octanol–water partition coefficient (Wildman–Crippen LogP) is 2.43. The minimum absolute atomic E-state index is 0.0290. The van der Waals surface area contributed by atoms with Gasteiger partial charge in [-0.05, 0) is 30.5 Å². The van der Waals surface area contributed by atoms with E-state index >= 15 is 0 Å². The van der Waals surface area contributed by atoms with Crippen molar-refractivity contribution in [1.29, 1.82) is 0 Å². The van der Waals surface area contributed by atoms with Gasteiger partial charge in [-0.1, -0.05) is 48.5 Å². The predicted molar refractivity (Wildman–Crippen MR) is 96.7 cm³/mol. The van der Waals surface area contributed by atoms with Gasteiger partial charge in [0.25, 0.3) is 0 Å². The van der Waals surface area contributed by atoms with Crippen LogP contribution < -0.4 is 10.2 Å². The first-order chi connectivity index (χ1) is 12.1. The molecule has 25 heavy (non-hydrogen) atoms. The van der Waals surface area contributed by atoms with E-state index in [0.717, 1.165) is 18.5 Å². The van der Waals surface area contributed by atoms with Crippen LogP contribution in [0.5, 0.6) is 0 Å². The number of carbonyl (C=O) groups excluding carboxylic acids is 1. The SMILES string of the molecule is O=C(O)CN(CC(=O)NCC1(c2ccccc2)CC1)c1ccccc1. The van der Waals surface area contributed by atoms with Gasteiger partial charge >= 0.3 is 5.97 Å². The molecule has 0 radical (unpaired) electrons. The molecule has 1 saturated carbocycles. The van der Waals surface area contributed by atoms with Crippen LogP contribution in [0.3, 0.4) is 0 Å². The van der Waals surface area contributed by atoms with E-state index in [1.165, 1.54) is 5.56 Å². The third-order valence-corrected chi connectivity index (χ3v) is 4.65. The maximum atomic E-state index is 12.4. The average Bonchev–Trinajstić information content (AvgIpc) is 3.42. The van der Waals surface area contributed by atoms with Crippen LogP contribution in [-0.4, -0.2) is 36.6 Å². The van der Waals surface area contributed by atoms with Gasteiger partial charge < -0.3 is 15.3 Å². The van der Waals surface area contributed by atoms with E-state index in [9.17, 15) is 9.59 Å². The summed E-state index contributed by atoms with van der Waals surface area (Å²) in [5.41, 5.74) is 2.02. The summed E-state index contributed by atoms with van der Waals surface area (Å²) in [5.74, 6) is -1.12. The number of carbonyl (C=O) groups is 2. The highest BCUT2D eigenvalue weighted by Crippen LogP contribution is 2.47. The number of anilines is 1. The Hall–Kier alpha value is -2.82. The molecule has 0 aliphatic heterocycles. The Kier molecular flexibility index (Phi) is 5.03. The van der Waals surface area contributed by atoms with Gasteiger partial charge in [0.05, 0.1) is 6.54 Å². The zero-order valence-electron chi connectivity index (χ0n) is 14.0. The van der Waals surface area contributed by atoms with Gasteiger partial charge in [-0.25, -0.2) is 0 Å². The molecule has 0 saturated heterocycles. The lowest BCUT2D eigenvalue weighted by atomic mass is 9.96. The normalized spacial score (nSPS) is 14.6. The Morgan fingerprint density at radius 3 is 2.12 bits per heavy atom. The lowest BCUT2D eigenvalue weighted by Crippen LogP contribution is -2.42. The number of carboxylic acids is 1. The Morgan fingerprint density at radius 2 is 1.56 bits per heavy atom. The first-order valence-corrected chi connectivity index (χ1v) is 8.43. The molecule has 1 amide bonds. The van der Waals surface area contributed by atoms with Crippen LogP contribution >= 0.6 is 0 Å². The number of rotatable bonds is 8. The summed E-state index contributed by atoms with van der Waals surface area (Å²) in [4.78, 5) is 25.0. The molecule has 0 atom stereocenters. The molecular weight excluding hydrogens is 316 g/mol. The highest BCUT2D eigenvalue weighted by molar-refractivity contribution is 5.84. The minimum Gasteiger partial charge on any atom is -0.480 e. The van der Waals surface area contributed by atoms with Gasteiger partial charge in [0.2, 0.25) is 5.91 Å². The summed E-state index contributed by atoms with van der Waals surface area (Å²) in [6.45, 7) is 0.411. The fourth-order valence-corrected chi connectivity index (χ4v) is 3.05. The van der Waals surface area contributed by atoms with Crippen molar-refractivity contribution in [2.24, 2.45) is 0 Å². The number of hydrogen-bond donors (Lipinski definition) is 2. The molecule has 5 nitrogen and oxygen atoms in total. The van der Waals surface area contributed by atoms with Crippen LogP contribution in [0.1, 0.15) is 18.4 Å². The molecule has 2 aromatic carbocycles. The summed E-state index contributed by atoms with van der Waals surface area (Å²) in [5, 5.41) is 12.1. The Morgan fingerprint density at radius 1 is 0.960 bits per heavy atom. The van der Waals surface area contributed by atoms with Crippen molar-refractivity contribution >= 4 is 17.6 Å². The fraction of sp³-hybridized carbons (Fsp3) is 0.300. The second-order valence-electron chi connectivity index (χ2n) is 6.51. The summed E-state index contributed by atoms with van der Waals surface area (Å²) in [6.07, 6.45) is 2.13. The van der Waals surface area contributed by atoms with Crippen molar-refractivity contribution in [3.8, 4) is 0 Å². The number of para-hydroxylation sites is 1. The van der Waals surface area contributed by atoms with E-state index in [4.69, 9.17) is 5.11 Å². The van der Waals surface area contributed by atoms with Crippen molar-refractivity contribution in [3.05, 3.63) is 66.2 Å². The van der Waals surface area contributed by atoms with E-state index in [1.54, 1.807) is 4.90 Å². The molecule has 2 N–H and O–H groups in total. The second-order valence-corrected chi connectivity index (χ2v) is 6.51. The zero-order chi connectivity index (χ0) is 17.7. The lowest BCUT2D eigenvalue weighted by molar-refractivity contribution is -0.135. The first kappa shape index (κ1) is 17.0. The largest absolute Gasteiger partial charge is 0.480 e. The van der Waals surface area contributed by atoms with Crippen LogP contribution in [0.15, 0.2) is 60.7 Å². The first-order valence-electron chi connectivity index (χ1n) is 8.43. The average molecular weight is 338 g/mol. The van der Waals surface area contributed by atoms with Crippen LogP contribution in [-0.2, 0) is 15.0 Å². The molecule has 0 unspecified atom stereocenters. The summed E-state index contributed by atoms with van der Waals surface area (Å²) in [6, 6.07) is 19.3. The van der Waals surface area contributed by atoms with Crippen LogP contribution in [0.2, 0.25) is 0 Å². The topological polar surface area (TPSA) is 69.6 Å². The number of hydrogen-bond acceptors (Lipinski definition) is 3. The number of carboxylic acid groups (broad SMARTS) is 1. The molecule has 1 aliphatic rings. The highest BCUT2D eigenvalue weighted by atomic mass is 16.4. The van der Waals surface area contributed by atoms with Crippen molar-refractivity contribution in [1.82, 2.24) is 5.32 Å². The fourth-order valence-electron chi connectivity index (χ4n) is 3.05. The molecule has 130 valence electrons. The summed E-state index contributed by atoms with van der Waals surface area (Å²) in [7, 11) is 0. The van der Waals surface area contributed by atoms with Gasteiger partial charge in [-0.3, -0.25) is 9.59 Å². The third kappa shape index (κ3) is 4.38. The molecule has 0 aromatic heterocycles. The number of benzene rings is 2. The van der Waals surface area contributed by atoms with E-state index < -0.39 is 5.97 Å². The van der Waals surface area contributed by atoms with E-state index in [-0.39, 0.29) is 24.4 Å². The molecular formula is C20H22N2O3. The van der Waals surface area contributed by atoms with Gasteiger partial charge in [0.1, 0.15) is 6.54 Å². The second kappa shape index (κ2) is 7.38. The van der Waals surface area contributed by atoms with E-state index in [0.29, 0.717) is 6.54 Å². The molecule has 3 rings (SSSR count). The van der Waals surface area contributed by atoms with Crippen molar-refractivity contribution in [3.63, 3.8) is 0 Å². The van der Waals surface area contributed by atoms with Crippen LogP contribution in [0, 0.1) is 0 Å². The molecule has 5 heteroatoms. The summed E-state index contributed by atoms with van der Waals surface area (Å²) < 4.78 is 0. The number of nitrogens with zero attached hydrogens (tertiary/aromatic N) is 1. The molecule has 0 spiro atoms. The third-order valence-electron chi connectivity index (χ3n) is 4.65. The molecule has 1 fully saturated rings.